The van der Waals surface area contributed by atoms with Gasteiger partial charge in [-0.15, -0.1) is 0 Å². The summed E-state index contributed by atoms with van der Waals surface area (Å²) in [5.41, 5.74) is 0.313. The van der Waals surface area contributed by atoms with Gasteiger partial charge >= 0.3 is 0 Å². The Bertz CT molecular complexity index is 400. The average molecular weight is 355 g/mol. The monoisotopic (exact) mass is 354 g/mol. The van der Waals surface area contributed by atoms with Crippen LogP contribution in [0.1, 0.15) is 45.4 Å². The Morgan fingerprint density at radius 1 is 1.21 bits per heavy atom. The summed E-state index contributed by atoms with van der Waals surface area (Å²) in [5.74, 6) is 3.52. The molecular formula is C18H34N4OS. The van der Waals surface area contributed by atoms with E-state index in [1.54, 1.807) is 0 Å². The number of nitrogens with zero attached hydrogens (tertiary/aromatic N) is 2. The molecule has 0 aromatic rings. The van der Waals surface area contributed by atoms with E-state index in [4.69, 9.17) is 9.73 Å². The predicted octanol–water partition coefficient (Wildman–Crippen LogP) is 2.08. The van der Waals surface area contributed by atoms with Gasteiger partial charge in [0.05, 0.1) is 12.6 Å². The van der Waals surface area contributed by atoms with Gasteiger partial charge in [-0.3, -0.25) is 9.89 Å². The molecule has 138 valence electrons. The molecule has 3 rings (SSSR count). The highest BCUT2D eigenvalue weighted by Gasteiger charge is 2.39. The number of guanidine groups is 1. The fourth-order valence-electron chi connectivity index (χ4n) is 4.23. The third kappa shape index (κ3) is 4.79. The summed E-state index contributed by atoms with van der Waals surface area (Å²) in [6, 6.07) is 0. The normalized spacial score (nSPS) is 28.2. The van der Waals surface area contributed by atoms with E-state index in [1.165, 1.54) is 63.1 Å². The fourth-order valence-corrected chi connectivity index (χ4v) is 5.13. The molecule has 1 atom stereocenters. The van der Waals surface area contributed by atoms with Crippen LogP contribution in [0.4, 0.5) is 0 Å². The standard InChI is InChI=1S/C18H34N4OS/c1-2-19-17(20-14-16-6-5-11-23-16)21-15-18(7-3-4-8-18)22-9-12-24-13-10-22/h16H,2-15H2,1H3,(H2,19,20,21). The van der Waals surface area contributed by atoms with Gasteiger partial charge in [0.15, 0.2) is 5.96 Å². The second kappa shape index (κ2) is 9.30. The summed E-state index contributed by atoms with van der Waals surface area (Å²) in [6.45, 7) is 8.23. The van der Waals surface area contributed by atoms with Gasteiger partial charge in [0.1, 0.15) is 0 Å². The smallest absolute Gasteiger partial charge is 0.191 e. The quantitative estimate of drug-likeness (QED) is 0.565. The highest BCUT2D eigenvalue weighted by molar-refractivity contribution is 7.99. The first-order valence-corrected chi connectivity index (χ1v) is 10.9. The lowest BCUT2D eigenvalue weighted by Gasteiger charge is -2.42. The van der Waals surface area contributed by atoms with Crippen LogP contribution < -0.4 is 10.6 Å². The van der Waals surface area contributed by atoms with Crippen molar-refractivity contribution in [2.45, 2.75) is 57.1 Å². The minimum Gasteiger partial charge on any atom is -0.376 e. The van der Waals surface area contributed by atoms with Gasteiger partial charge in [0, 0.05) is 49.8 Å². The number of nitrogens with one attached hydrogen (secondary N) is 2. The van der Waals surface area contributed by atoms with Crippen molar-refractivity contribution in [1.82, 2.24) is 15.5 Å². The van der Waals surface area contributed by atoms with Gasteiger partial charge in [-0.1, -0.05) is 12.8 Å². The van der Waals surface area contributed by atoms with Crippen LogP contribution in [-0.2, 0) is 4.74 Å². The Morgan fingerprint density at radius 2 is 2.00 bits per heavy atom. The van der Waals surface area contributed by atoms with E-state index < -0.39 is 0 Å². The van der Waals surface area contributed by atoms with E-state index in [0.717, 1.165) is 32.2 Å². The number of hydrogen-bond donors (Lipinski definition) is 2. The van der Waals surface area contributed by atoms with Crippen molar-refractivity contribution in [1.29, 1.82) is 0 Å². The van der Waals surface area contributed by atoms with Crippen molar-refractivity contribution in [2.24, 2.45) is 4.99 Å². The Kier molecular flexibility index (Phi) is 7.10. The summed E-state index contributed by atoms with van der Waals surface area (Å²) in [4.78, 5) is 7.73. The molecule has 2 heterocycles. The fraction of sp³-hybridized carbons (Fsp3) is 0.944. The Morgan fingerprint density at radius 3 is 2.67 bits per heavy atom. The molecule has 2 saturated heterocycles. The lowest BCUT2D eigenvalue weighted by Crippen LogP contribution is -2.53. The van der Waals surface area contributed by atoms with E-state index in [0.29, 0.717) is 11.6 Å². The Labute approximate surface area is 151 Å². The van der Waals surface area contributed by atoms with Crippen molar-refractivity contribution in [3.63, 3.8) is 0 Å². The minimum atomic E-state index is 0.313. The summed E-state index contributed by atoms with van der Waals surface area (Å²) in [5, 5.41) is 6.91. The third-order valence-corrected chi connectivity index (χ3v) is 6.56. The van der Waals surface area contributed by atoms with Crippen LogP contribution >= 0.6 is 11.8 Å². The molecule has 0 aromatic carbocycles. The van der Waals surface area contributed by atoms with Gasteiger partial charge < -0.3 is 15.4 Å². The molecule has 1 aliphatic carbocycles. The first kappa shape index (κ1) is 18.3. The van der Waals surface area contributed by atoms with Gasteiger partial charge in [-0.25, -0.2) is 0 Å². The molecule has 2 N–H and O–H groups in total. The zero-order valence-electron chi connectivity index (χ0n) is 15.2. The number of hydrogen-bond acceptors (Lipinski definition) is 4. The Hall–Kier alpha value is -0.460. The van der Waals surface area contributed by atoms with E-state index >= 15 is 0 Å². The molecule has 1 unspecified atom stereocenters. The summed E-state index contributed by atoms with van der Waals surface area (Å²) >= 11 is 2.09. The zero-order valence-corrected chi connectivity index (χ0v) is 16.0. The largest absolute Gasteiger partial charge is 0.376 e. The molecule has 5 nitrogen and oxygen atoms in total. The summed E-state index contributed by atoms with van der Waals surface area (Å²) in [6.07, 6.45) is 8.06. The van der Waals surface area contributed by atoms with E-state index in [-0.39, 0.29) is 0 Å². The highest BCUT2D eigenvalue weighted by atomic mass is 32.2. The van der Waals surface area contributed by atoms with Crippen molar-refractivity contribution in [3.8, 4) is 0 Å². The number of ether oxygens (including phenoxy) is 1. The van der Waals surface area contributed by atoms with Crippen LogP contribution in [0.15, 0.2) is 4.99 Å². The van der Waals surface area contributed by atoms with Crippen molar-refractivity contribution >= 4 is 17.7 Å². The van der Waals surface area contributed by atoms with Gasteiger partial charge in [-0.2, -0.15) is 11.8 Å². The van der Waals surface area contributed by atoms with E-state index in [9.17, 15) is 0 Å². The molecule has 0 bridgehead atoms. The molecular weight excluding hydrogens is 320 g/mol. The van der Waals surface area contributed by atoms with Crippen molar-refractivity contribution < 1.29 is 4.74 Å². The van der Waals surface area contributed by atoms with Crippen LogP contribution in [0.25, 0.3) is 0 Å². The number of rotatable bonds is 6. The highest BCUT2D eigenvalue weighted by Crippen LogP contribution is 2.37. The number of thioether (sulfide) groups is 1. The van der Waals surface area contributed by atoms with Crippen LogP contribution in [0, 0.1) is 0 Å². The summed E-state index contributed by atoms with van der Waals surface area (Å²) < 4.78 is 5.72. The van der Waals surface area contributed by atoms with Crippen LogP contribution in [0.2, 0.25) is 0 Å². The third-order valence-electron chi connectivity index (χ3n) is 5.61. The first-order chi connectivity index (χ1) is 11.8. The van der Waals surface area contributed by atoms with Crippen LogP contribution in [0.5, 0.6) is 0 Å². The molecule has 1 saturated carbocycles. The van der Waals surface area contributed by atoms with Crippen molar-refractivity contribution in [3.05, 3.63) is 0 Å². The Balaban J connectivity index is 1.59. The topological polar surface area (TPSA) is 48.9 Å². The second-order valence-corrected chi connectivity index (χ2v) is 8.47. The molecule has 24 heavy (non-hydrogen) atoms. The van der Waals surface area contributed by atoms with Gasteiger partial charge in [0.25, 0.3) is 0 Å². The molecule has 0 radical (unpaired) electrons. The first-order valence-electron chi connectivity index (χ1n) is 9.79. The SMILES string of the molecule is CCNC(=NCC1(N2CCSCC2)CCCC1)NCC1CCCO1. The second-order valence-electron chi connectivity index (χ2n) is 7.24. The molecule has 6 heteroatoms. The predicted molar refractivity (Wildman–Crippen MR) is 103 cm³/mol. The molecule has 0 amide bonds. The zero-order chi connectivity index (χ0) is 16.7. The lowest BCUT2D eigenvalue weighted by molar-refractivity contribution is 0.111. The summed E-state index contributed by atoms with van der Waals surface area (Å²) in [7, 11) is 0. The molecule has 0 aromatic heterocycles. The van der Waals surface area contributed by atoms with Crippen molar-refractivity contribution in [2.75, 3.05) is 50.8 Å². The molecule has 2 aliphatic heterocycles. The lowest BCUT2D eigenvalue weighted by atomic mass is 9.95. The van der Waals surface area contributed by atoms with E-state index in [1.807, 2.05) is 0 Å². The van der Waals surface area contributed by atoms with Gasteiger partial charge in [-0.05, 0) is 32.6 Å². The molecule has 3 fully saturated rings. The maximum Gasteiger partial charge on any atom is 0.191 e. The van der Waals surface area contributed by atoms with Gasteiger partial charge in [0.2, 0.25) is 0 Å². The minimum absolute atomic E-state index is 0.313. The van der Waals surface area contributed by atoms with Crippen LogP contribution in [0.3, 0.4) is 0 Å². The molecule has 3 aliphatic rings. The average Bonchev–Trinajstić information content (AvgIpc) is 3.31. The van der Waals surface area contributed by atoms with E-state index in [2.05, 4.69) is 34.2 Å². The maximum atomic E-state index is 5.72. The maximum absolute atomic E-state index is 5.72. The molecule has 0 spiro atoms. The van der Waals surface area contributed by atoms with Crippen LogP contribution in [-0.4, -0.2) is 73.3 Å². The number of aliphatic imine (C=N–C) groups is 1.